The van der Waals surface area contributed by atoms with Crippen LogP contribution in [0.4, 0.5) is 5.13 Å². The molecular weight excluding hydrogens is 200 g/mol. The molecule has 2 rings (SSSR count). The third-order valence-electron chi connectivity index (χ3n) is 1.76. The molecule has 0 saturated heterocycles. The molecule has 0 aliphatic carbocycles. The van der Waals surface area contributed by atoms with Gasteiger partial charge >= 0.3 is 0 Å². The second-order valence-corrected chi connectivity index (χ2v) is 3.60. The van der Waals surface area contributed by atoms with E-state index in [9.17, 15) is 0 Å². The normalized spacial score (nSPS) is 10.4. The number of rotatable bonds is 3. The molecule has 0 aliphatic rings. The first-order valence-electron chi connectivity index (χ1n) is 4.13. The Hall–Kier alpha value is -1.50. The predicted molar refractivity (Wildman–Crippen MR) is 53.0 cm³/mol. The largest absolute Gasteiger partial charge is 0.355 e. The molecule has 0 spiro atoms. The van der Waals surface area contributed by atoms with Crippen LogP contribution in [-0.2, 0) is 13.6 Å². The zero-order chi connectivity index (χ0) is 9.97. The Morgan fingerprint density at radius 3 is 3.00 bits per heavy atom. The lowest BCUT2D eigenvalue weighted by Crippen LogP contribution is -2.05. The van der Waals surface area contributed by atoms with Gasteiger partial charge in [-0.1, -0.05) is 5.21 Å². The maximum atomic E-state index is 4.19. The van der Waals surface area contributed by atoms with Crippen molar-refractivity contribution in [1.29, 1.82) is 0 Å². The summed E-state index contributed by atoms with van der Waals surface area (Å²) in [6.07, 6.45) is 1.72. The minimum absolute atomic E-state index is 0.665. The number of hydrogen-bond donors (Lipinski definition) is 1. The molecule has 7 heteroatoms. The van der Waals surface area contributed by atoms with Gasteiger partial charge < -0.3 is 5.32 Å². The molecule has 0 amide bonds. The summed E-state index contributed by atoms with van der Waals surface area (Å²) in [4.78, 5) is 4.19. The zero-order valence-corrected chi connectivity index (χ0v) is 8.75. The van der Waals surface area contributed by atoms with Crippen LogP contribution in [0.5, 0.6) is 0 Å². The molecule has 6 nitrogen and oxygen atoms in total. The lowest BCUT2D eigenvalue weighted by Gasteiger charge is -2.00. The Bertz CT molecular complexity index is 419. The Balaban J connectivity index is 1.98. The lowest BCUT2D eigenvalue weighted by molar-refractivity contribution is 0.683. The maximum Gasteiger partial charge on any atom is 0.202 e. The van der Waals surface area contributed by atoms with Crippen LogP contribution in [-0.4, -0.2) is 24.4 Å². The molecule has 0 aromatic carbocycles. The van der Waals surface area contributed by atoms with Crippen LogP contribution in [0, 0.1) is 6.92 Å². The number of hydrogen-bond acceptors (Lipinski definition) is 6. The SMILES string of the molecule is Cc1nsc(NCc2cnnn2C)n1. The van der Waals surface area contributed by atoms with Crippen LogP contribution in [0.2, 0.25) is 0 Å². The monoisotopic (exact) mass is 210 g/mol. The van der Waals surface area contributed by atoms with Gasteiger partial charge in [-0.15, -0.1) is 5.10 Å². The molecule has 2 aromatic heterocycles. The Morgan fingerprint density at radius 1 is 1.57 bits per heavy atom. The smallest absolute Gasteiger partial charge is 0.202 e. The number of nitrogens with zero attached hydrogens (tertiary/aromatic N) is 5. The van der Waals surface area contributed by atoms with Gasteiger partial charge in [0, 0.05) is 18.6 Å². The van der Waals surface area contributed by atoms with Gasteiger partial charge in [-0.05, 0) is 6.92 Å². The second kappa shape index (κ2) is 3.70. The number of aryl methyl sites for hydroxylation is 2. The summed E-state index contributed by atoms with van der Waals surface area (Å²) in [6.45, 7) is 2.53. The van der Waals surface area contributed by atoms with Crippen molar-refractivity contribution in [2.24, 2.45) is 7.05 Å². The third-order valence-corrected chi connectivity index (χ3v) is 2.52. The van der Waals surface area contributed by atoms with E-state index in [0.717, 1.165) is 16.6 Å². The van der Waals surface area contributed by atoms with Crippen molar-refractivity contribution in [3.63, 3.8) is 0 Å². The molecule has 0 atom stereocenters. The highest BCUT2D eigenvalue weighted by Crippen LogP contribution is 2.10. The summed E-state index contributed by atoms with van der Waals surface area (Å²) >= 11 is 1.35. The molecule has 0 aliphatic heterocycles. The van der Waals surface area contributed by atoms with E-state index in [1.54, 1.807) is 10.9 Å². The van der Waals surface area contributed by atoms with Crippen molar-refractivity contribution in [2.45, 2.75) is 13.5 Å². The standard InChI is InChI=1S/C7H10N6S/c1-5-10-7(14-11-5)8-3-6-4-9-12-13(6)2/h4H,3H2,1-2H3,(H,8,10,11). The van der Waals surface area contributed by atoms with Crippen molar-refractivity contribution < 1.29 is 0 Å². The average Bonchev–Trinajstić information content (AvgIpc) is 2.72. The fourth-order valence-corrected chi connectivity index (χ4v) is 1.58. The summed E-state index contributed by atoms with van der Waals surface area (Å²) in [5, 5.41) is 11.6. The highest BCUT2D eigenvalue weighted by molar-refractivity contribution is 7.09. The van der Waals surface area contributed by atoms with Crippen LogP contribution in [0.3, 0.4) is 0 Å². The van der Waals surface area contributed by atoms with Crippen LogP contribution in [0.1, 0.15) is 11.5 Å². The molecule has 74 valence electrons. The Kier molecular flexibility index (Phi) is 2.40. The summed E-state index contributed by atoms with van der Waals surface area (Å²) in [6, 6.07) is 0. The van der Waals surface area contributed by atoms with E-state index >= 15 is 0 Å². The summed E-state index contributed by atoms with van der Waals surface area (Å²) in [5.41, 5.74) is 1.01. The third kappa shape index (κ3) is 1.87. The lowest BCUT2D eigenvalue weighted by atomic mass is 10.5. The van der Waals surface area contributed by atoms with E-state index in [1.165, 1.54) is 11.5 Å². The first kappa shape index (κ1) is 9.07. The molecular formula is C7H10N6S. The fourth-order valence-electron chi connectivity index (χ4n) is 1.01. The fraction of sp³-hybridized carbons (Fsp3) is 0.429. The maximum absolute atomic E-state index is 4.19. The predicted octanol–water partition coefficient (Wildman–Crippen LogP) is 0.587. The van der Waals surface area contributed by atoms with Gasteiger partial charge in [0.2, 0.25) is 5.13 Å². The van der Waals surface area contributed by atoms with Gasteiger partial charge in [-0.3, -0.25) is 4.68 Å². The minimum Gasteiger partial charge on any atom is -0.355 e. The number of aromatic nitrogens is 5. The van der Waals surface area contributed by atoms with Crippen molar-refractivity contribution in [3.8, 4) is 0 Å². The topological polar surface area (TPSA) is 68.5 Å². The van der Waals surface area contributed by atoms with E-state index < -0.39 is 0 Å². The molecule has 2 aromatic rings. The van der Waals surface area contributed by atoms with Crippen LogP contribution in [0.15, 0.2) is 6.20 Å². The highest BCUT2D eigenvalue weighted by atomic mass is 32.1. The molecule has 2 heterocycles. The van der Waals surface area contributed by atoms with E-state index in [-0.39, 0.29) is 0 Å². The first-order valence-corrected chi connectivity index (χ1v) is 4.91. The zero-order valence-electron chi connectivity index (χ0n) is 7.93. The van der Waals surface area contributed by atoms with Crippen molar-refractivity contribution in [2.75, 3.05) is 5.32 Å². The second-order valence-electron chi connectivity index (χ2n) is 2.85. The molecule has 14 heavy (non-hydrogen) atoms. The average molecular weight is 210 g/mol. The van der Waals surface area contributed by atoms with Gasteiger partial charge in [0.1, 0.15) is 5.82 Å². The van der Waals surface area contributed by atoms with Crippen molar-refractivity contribution >= 4 is 16.7 Å². The summed E-state index contributed by atoms with van der Waals surface area (Å²) in [7, 11) is 1.86. The van der Waals surface area contributed by atoms with Crippen molar-refractivity contribution in [3.05, 3.63) is 17.7 Å². The molecule has 0 fully saturated rings. The Labute approximate surface area is 85.1 Å². The van der Waals surface area contributed by atoms with Gasteiger partial charge in [0.05, 0.1) is 18.4 Å². The molecule has 0 saturated carbocycles. The van der Waals surface area contributed by atoms with Gasteiger partial charge in [0.15, 0.2) is 0 Å². The van der Waals surface area contributed by atoms with E-state index in [1.807, 2.05) is 14.0 Å². The molecule has 0 bridgehead atoms. The number of anilines is 1. The number of nitrogens with one attached hydrogen (secondary N) is 1. The highest BCUT2D eigenvalue weighted by Gasteiger charge is 2.02. The van der Waals surface area contributed by atoms with E-state index in [0.29, 0.717) is 6.54 Å². The van der Waals surface area contributed by atoms with E-state index in [4.69, 9.17) is 0 Å². The summed E-state index contributed by atoms with van der Waals surface area (Å²) < 4.78 is 5.79. The minimum atomic E-state index is 0.665. The van der Waals surface area contributed by atoms with Gasteiger partial charge in [0.25, 0.3) is 0 Å². The van der Waals surface area contributed by atoms with Gasteiger partial charge in [-0.25, -0.2) is 4.98 Å². The molecule has 0 unspecified atom stereocenters. The quantitative estimate of drug-likeness (QED) is 0.802. The van der Waals surface area contributed by atoms with Crippen LogP contribution < -0.4 is 5.32 Å². The summed E-state index contributed by atoms with van der Waals surface area (Å²) in [5.74, 6) is 0.792. The van der Waals surface area contributed by atoms with Gasteiger partial charge in [-0.2, -0.15) is 4.37 Å². The Morgan fingerprint density at radius 2 is 2.43 bits per heavy atom. The van der Waals surface area contributed by atoms with Crippen molar-refractivity contribution in [1.82, 2.24) is 24.4 Å². The first-order chi connectivity index (χ1) is 6.75. The molecule has 0 radical (unpaired) electrons. The van der Waals surface area contributed by atoms with E-state index in [2.05, 4.69) is 25.0 Å². The van der Waals surface area contributed by atoms with Crippen LogP contribution in [0.25, 0.3) is 0 Å². The van der Waals surface area contributed by atoms with Crippen LogP contribution >= 0.6 is 11.5 Å². The molecule has 1 N–H and O–H groups in total.